The number of aryl methyl sites for hydroxylation is 1. The van der Waals surface area contributed by atoms with Crippen LogP contribution >= 0.6 is 0 Å². The summed E-state index contributed by atoms with van der Waals surface area (Å²) < 4.78 is 11.2. The first kappa shape index (κ1) is 15.6. The first-order valence-electron chi connectivity index (χ1n) is 7.63. The summed E-state index contributed by atoms with van der Waals surface area (Å²) in [5, 5.41) is 0. The Hall–Kier alpha value is -1.77. The molecule has 0 spiro atoms. The monoisotopic (exact) mass is 288 g/mol. The van der Waals surface area contributed by atoms with Crippen LogP contribution in [0.2, 0.25) is 0 Å². The molecule has 0 saturated carbocycles. The summed E-state index contributed by atoms with van der Waals surface area (Å²) in [6.45, 7) is 8.39. The third kappa shape index (κ3) is 3.87. The number of esters is 1. The molecule has 0 saturated heterocycles. The van der Waals surface area contributed by atoms with Crippen molar-refractivity contribution in [3.8, 4) is 0 Å². The maximum atomic E-state index is 12.0. The van der Waals surface area contributed by atoms with Crippen LogP contribution in [0.25, 0.3) is 0 Å². The Morgan fingerprint density at radius 2 is 2.00 bits per heavy atom. The van der Waals surface area contributed by atoms with Crippen molar-refractivity contribution in [3.63, 3.8) is 0 Å². The largest absolute Gasteiger partial charge is 0.493 e. The van der Waals surface area contributed by atoms with Gasteiger partial charge in [0.1, 0.15) is 11.9 Å². The van der Waals surface area contributed by atoms with Gasteiger partial charge >= 0.3 is 5.97 Å². The molecule has 3 heteroatoms. The van der Waals surface area contributed by atoms with Gasteiger partial charge in [0.15, 0.2) is 0 Å². The van der Waals surface area contributed by atoms with Crippen LogP contribution in [-0.2, 0) is 20.7 Å². The van der Waals surface area contributed by atoms with Gasteiger partial charge in [-0.05, 0) is 19.4 Å². The van der Waals surface area contributed by atoms with E-state index in [4.69, 9.17) is 9.47 Å². The van der Waals surface area contributed by atoms with Crippen molar-refractivity contribution >= 4 is 5.97 Å². The molecular weight excluding hydrogens is 264 g/mol. The number of benzene rings is 1. The van der Waals surface area contributed by atoms with E-state index in [1.165, 1.54) is 11.1 Å². The highest BCUT2D eigenvalue weighted by Gasteiger charge is 2.32. The van der Waals surface area contributed by atoms with Crippen LogP contribution in [0.15, 0.2) is 35.6 Å². The number of carbonyl (C=O) groups excluding carboxylic acids is 1. The van der Waals surface area contributed by atoms with Gasteiger partial charge in [-0.3, -0.25) is 0 Å². The highest BCUT2D eigenvalue weighted by molar-refractivity contribution is 5.89. The van der Waals surface area contributed by atoms with Crippen molar-refractivity contribution in [1.82, 2.24) is 0 Å². The summed E-state index contributed by atoms with van der Waals surface area (Å²) in [5.41, 5.74) is 3.20. The highest BCUT2D eigenvalue weighted by Crippen LogP contribution is 2.32. The molecule has 1 heterocycles. The summed E-state index contributed by atoms with van der Waals surface area (Å²) in [7, 11) is 0. The van der Waals surface area contributed by atoms with Crippen LogP contribution in [0.3, 0.4) is 0 Å². The van der Waals surface area contributed by atoms with Gasteiger partial charge in [0, 0.05) is 18.8 Å². The van der Waals surface area contributed by atoms with Crippen LogP contribution in [0.4, 0.5) is 0 Å². The van der Waals surface area contributed by atoms with Gasteiger partial charge in [-0.15, -0.1) is 0 Å². The number of rotatable bonds is 5. The normalized spacial score (nSPS) is 18.0. The lowest BCUT2D eigenvalue weighted by Gasteiger charge is -2.15. The summed E-state index contributed by atoms with van der Waals surface area (Å²) in [6, 6.07) is 8.45. The standard InChI is InChI=1S/C18H24O3/c1-5-20-18(19)16-11-15(21-17(16)12(2)3)10-14-8-6-13(4)7-9-14/h6-9,12,15H,5,10-11H2,1-4H3. The molecule has 1 atom stereocenters. The molecule has 0 aliphatic carbocycles. The molecule has 1 aromatic rings. The molecule has 1 unspecified atom stereocenters. The Kier molecular flexibility index (Phi) is 5.05. The third-order valence-corrected chi connectivity index (χ3v) is 3.65. The lowest BCUT2D eigenvalue weighted by Crippen LogP contribution is -2.12. The van der Waals surface area contributed by atoms with E-state index < -0.39 is 0 Å². The predicted octanol–water partition coefficient (Wildman–Crippen LogP) is 3.80. The Bertz CT molecular complexity index is 526. The number of hydrogen-bond acceptors (Lipinski definition) is 3. The van der Waals surface area contributed by atoms with Crippen LogP contribution in [0.5, 0.6) is 0 Å². The fraction of sp³-hybridized carbons (Fsp3) is 0.500. The zero-order valence-corrected chi connectivity index (χ0v) is 13.3. The first-order chi connectivity index (χ1) is 10.0. The van der Waals surface area contributed by atoms with Crippen LogP contribution in [0, 0.1) is 12.8 Å². The van der Waals surface area contributed by atoms with Gasteiger partial charge in [0.2, 0.25) is 0 Å². The lowest BCUT2D eigenvalue weighted by atomic mass is 10.0. The molecule has 21 heavy (non-hydrogen) atoms. The molecule has 1 aliphatic rings. The number of carbonyl (C=O) groups is 1. The Labute approximate surface area is 127 Å². The zero-order chi connectivity index (χ0) is 15.4. The quantitative estimate of drug-likeness (QED) is 0.773. The maximum Gasteiger partial charge on any atom is 0.337 e. The highest BCUT2D eigenvalue weighted by atomic mass is 16.5. The SMILES string of the molecule is CCOC(=O)C1=C(C(C)C)OC(Cc2ccc(C)cc2)C1. The second-order valence-electron chi connectivity index (χ2n) is 5.85. The molecule has 0 fully saturated rings. The summed E-state index contributed by atoms with van der Waals surface area (Å²) in [5.74, 6) is 0.769. The summed E-state index contributed by atoms with van der Waals surface area (Å²) in [6.07, 6.45) is 1.49. The number of allylic oxidation sites excluding steroid dienone is 1. The van der Waals surface area contributed by atoms with E-state index in [1.807, 2.05) is 20.8 Å². The average Bonchev–Trinajstić information content (AvgIpc) is 2.86. The molecule has 0 radical (unpaired) electrons. The van der Waals surface area contributed by atoms with Gasteiger partial charge in [0.05, 0.1) is 12.2 Å². The van der Waals surface area contributed by atoms with Gasteiger partial charge in [0.25, 0.3) is 0 Å². The van der Waals surface area contributed by atoms with Gasteiger partial charge in [-0.2, -0.15) is 0 Å². The van der Waals surface area contributed by atoms with Crippen LogP contribution in [0.1, 0.15) is 38.3 Å². The van der Waals surface area contributed by atoms with E-state index in [-0.39, 0.29) is 18.0 Å². The fourth-order valence-corrected chi connectivity index (χ4v) is 2.61. The van der Waals surface area contributed by atoms with E-state index >= 15 is 0 Å². The molecular formula is C18H24O3. The van der Waals surface area contributed by atoms with E-state index in [0.29, 0.717) is 18.6 Å². The Balaban J connectivity index is 2.07. The van der Waals surface area contributed by atoms with E-state index in [1.54, 1.807) is 0 Å². The van der Waals surface area contributed by atoms with Crippen molar-refractivity contribution in [2.24, 2.45) is 5.92 Å². The minimum absolute atomic E-state index is 0.0320. The topological polar surface area (TPSA) is 35.5 Å². The number of hydrogen-bond donors (Lipinski definition) is 0. The van der Waals surface area contributed by atoms with E-state index in [9.17, 15) is 4.79 Å². The Morgan fingerprint density at radius 1 is 1.33 bits per heavy atom. The van der Waals surface area contributed by atoms with E-state index in [0.717, 1.165) is 12.2 Å². The zero-order valence-electron chi connectivity index (χ0n) is 13.3. The summed E-state index contributed by atoms with van der Waals surface area (Å²) in [4.78, 5) is 12.0. The van der Waals surface area contributed by atoms with Crippen LogP contribution in [-0.4, -0.2) is 18.7 Å². The third-order valence-electron chi connectivity index (χ3n) is 3.65. The van der Waals surface area contributed by atoms with Crippen molar-refractivity contribution in [1.29, 1.82) is 0 Å². The molecule has 0 bridgehead atoms. The Morgan fingerprint density at radius 3 is 2.57 bits per heavy atom. The maximum absolute atomic E-state index is 12.0. The van der Waals surface area contributed by atoms with Gasteiger partial charge in [-0.1, -0.05) is 43.7 Å². The van der Waals surface area contributed by atoms with Crippen molar-refractivity contribution in [2.45, 2.75) is 46.6 Å². The molecule has 0 amide bonds. The minimum atomic E-state index is -0.229. The van der Waals surface area contributed by atoms with Crippen molar-refractivity contribution in [2.75, 3.05) is 6.61 Å². The van der Waals surface area contributed by atoms with Gasteiger partial charge in [-0.25, -0.2) is 4.79 Å². The lowest BCUT2D eigenvalue weighted by molar-refractivity contribution is -0.138. The second kappa shape index (κ2) is 6.79. The fourth-order valence-electron chi connectivity index (χ4n) is 2.61. The molecule has 1 aromatic carbocycles. The minimum Gasteiger partial charge on any atom is -0.493 e. The smallest absolute Gasteiger partial charge is 0.337 e. The average molecular weight is 288 g/mol. The second-order valence-corrected chi connectivity index (χ2v) is 5.85. The molecule has 0 aromatic heterocycles. The number of ether oxygens (including phenoxy) is 2. The molecule has 2 rings (SSSR count). The molecule has 0 N–H and O–H groups in total. The van der Waals surface area contributed by atoms with Crippen molar-refractivity contribution < 1.29 is 14.3 Å². The summed E-state index contributed by atoms with van der Waals surface area (Å²) >= 11 is 0. The van der Waals surface area contributed by atoms with Crippen molar-refractivity contribution in [3.05, 3.63) is 46.7 Å². The molecule has 1 aliphatic heterocycles. The van der Waals surface area contributed by atoms with E-state index in [2.05, 4.69) is 31.2 Å². The van der Waals surface area contributed by atoms with Gasteiger partial charge < -0.3 is 9.47 Å². The molecule has 114 valence electrons. The first-order valence-corrected chi connectivity index (χ1v) is 7.63. The van der Waals surface area contributed by atoms with Crippen LogP contribution < -0.4 is 0 Å². The molecule has 3 nitrogen and oxygen atoms in total. The predicted molar refractivity (Wildman–Crippen MR) is 82.9 cm³/mol.